The topological polar surface area (TPSA) is 0 Å². The second-order valence-corrected chi connectivity index (χ2v) is 6.92. The average Bonchev–Trinajstić information content (AvgIpc) is 2.36. The first-order chi connectivity index (χ1) is 9.12. The smallest absolute Gasteiger partial charge is 0.0782 e. The van der Waals surface area contributed by atoms with E-state index in [0.29, 0.717) is 0 Å². The Labute approximate surface area is 123 Å². The van der Waals surface area contributed by atoms with Gasteiger partial charge in [-0.15, -0.1) is 0 Å². The van der Waals surface area contributed by atoms with Crippen molar-refractivity contribution < 1.29 is 4.48 Å². The highest BCUT2D eigenvalue weighted by Crippen LogP contribution is 2.12. The molecule has 0 heterocycles. The molecule has 1 heteroatoms. The van der Waals surface area contributed by atoms with E-state index in [1.807, 2.05) is 0 Å². The third kappa shape index (κ3) is 14.2. The van der Waals surface area contributed by atoms with Crippen LogP contribution < -0.4 is 0 Å². The first-order valence-corrected chi connectivity index (χ1v) is 8.94. The molecular formula is C18H40N+. The summed E-state index contributed by atoms with van der Waals surface area (Å²) < 4.78 is 1.22. The lowest BCUT2D eigenvalue weighted by molar-refractivity contribution is -0.890. The maximum absolute atomic E-state index is 2.37. The third-order valence-corrected chi connectivity index (χ3v) is 4.20. The summed E-state index contributed by atoms with van der Waals surface area (Å²) in [6, 6.07) is 0. The second-order valence-electron chi connectivity index (χ2n) is 6.92. The Morgan fingerprint density at radius 2 is 0.895 bits per heavy atom. The molecule has 1 nitrogen and oxygen atoms in total. The predicted molar refractivity (Wildman–Crippen MR) is 88.6 cm³/mol. The minimum Gasteiger partial charge on any atom is -0.328 e. The van der Waals surface area contributed by atoms with E-state index in [9.17, 15) is 0 Å². The van der Waals surface area contributed by atoms with Crippen LogP contribution in [0.4, 0.5) is 0 Å². The molecular weight excluding hydrogens is 230 g/mol. The fraction of sp³-hybridized carbons (Fsp3) is 1.00. The zero-order valence-corrected chi connectivity index (χ0v) is 14.3. The van der Waals surface area contributed by atoms with Gasteiger partial charge in [-0.2, -0.15) is 0 Å². The molecule has 0 aliphatic rings. The van der Waals surface area contributed by atoms with E-state index in [1.165, 1.54) is 94.6 Å². The summed E-state index contributed by atoms with van der Waals surface area (Å²) in [5.74, 6) is 0. The molecule has 0 saturated carbocycles. The van der Waals surface area contributed by atoms with Gasteiger partial charge in [0, 0.05) is 0 Å². The molecule has 0 radical (unpaired) electrons. The molecule has 116 valence electrons. The molecule has 0 aromatic rings. The number of nitrogens with zero attached hydrogens (tertiary/aromatic N) is 1. The van der Waals surface area contributed by atoms with Crippen molar-refractivity contribution in [1.29, 1.82) is 0 Å². The number of hydrogen-bond donors (Lipinski definition) is 0. The molecule has 0 amide bonds. The molecule has 0 aromatic carbocycles. The zero-order valence-electron chi connectivity index (χ0n) is 14.3. The Bertz CT molecular complexity index is 175. The molecule has 0 aromatic heterocycles. The summed E-state index contributed by atoms with van der Waals surface area (Å²) in [4.78, 5) is 0. The Hall–Kier alpha value is -0.0400. The Kier molecular flexibility index (Phi) is 12.9. The summed E-state index contributed by atoms with van der Waals surface area (Å²) in [6.07, 6.45) is 17.3. The lowest BCUT2D eigenvalue weighted by Crippen LogP contribution is -2.40. The average molecular weight is 271 g/mol. The molecule has 19 heavy (non-hydrogen) atoms. The second kappa shape index (κ2) is 13.0. The van der Waals surface area contributed by atoms with Gasteiger partial charge in [-0.05, 0) is 19.3 Å². The van der Waals surface area contributed by atoms with Crippen molar-refractivity contribution >= 4 is 0 Å². The molecule has 0 atom stereocenters. The van der Waals surface area contributed by atoms with Gasteiger partial charge in [0.2, 0.25) is 0 Å². The van der Waals surface area contributed by atoms with Crippen LogP contribution in [0.15, 0.2) is 0 Å². The summed E-state index contributed by atoms with van der Waals surface area (Å²) >= 11 is 0. The highest BCUT2D eigenvalue weighted by Gasteiger charge is 2.11. The fourth-order valence-electron chi connectivity index (χ4n) is 2.92. The lowest BCUT2D eigenvalue weighted by atomic mass is 10.1. The molecule has 0 unspecified atom stereocenters. The molecule has 0 fully saturated rings. The maximum atomic E-state index is 2.37. The van der Waals surface area contributed by atoms with Crippen LogP contribution in [0.5, 0.6) is 0 Å². The van der Waals surface area contributed by atoms with Gasteiger partial charge in [0.25, 0.3) is 0 Å². The van der Waals surface area contributed by atoms with E-state index in [-0.39, 0.29) is 0 Å². The van der Waals surface area contributed by atoms with Crippen LogP contribution in [-0.2, 0) is 0 Å². The van der Waals surface area contributed by atoms with E-state index in [1.54, 1.807) is 0 Å². The van der Waals surface area contributed by atoms with E-state index in [2.05, 4.69) is 27.9 Å². The van der Waals surface area contributed by atoms with Gasteiger partial charge in [-0.25, -0.2) is 0 Å². The van der Waals surface area contributed by atoms with Crippen molar-refractivity contribution in [3.63, 3.8) is 0 Å². The van der Waals surface area contributed by atoms with Gasteiger partial charge < -0.3 is 4.48 Å². The zero-order chi connectivity index (χ0) is 14.4. The van der Waals surface area contributed by atoms with Crippen molar-refractivity contribution in [2.75, 3.05) is 27.2 Å². The van der Waals surface area contributed by atoms with Crippen LogP contribution in [0.25, 0.3) is 0 Å². The minimum atomic E-state index is 1.22. The minimum absolute atomic E-state index is 1.22. The molecule has 0 spiro atoms. The SMILES string of the molecule is CCCCCCCCCCCCC[N+](C)(C)CCC. The van der Waals surface area contributed by atoms with Crippen molar-refractivity contribution in [3.8, 4) is 0 Å². The van der Waals surface area contributed by atoms with E-state index < -0.39 is 0 Å². The van der Waals surface area contributed by atoms with Crippen LogP contribution in [0, 0.1) is 0 Å². The molecule has 0 aliphatic carbocycles. The van der Waals surface area contributed by atoms with Gasteiger partial charge in [-0.1, -0.05) is 71.6 Å². The Balaban J connectivity index is 3.14. The van der Waals surface area contributed by atoms with Crippen LogP contribution in [0.1, 0.15) is 90.9 Å². The first-order valence-electron chi connectivity index (χ1n) is 8.94. The van der Waals surface area contributed by atoms with Gasteiger partial charge in [0.05, 0.1) is 27.2 Å². The highest BCUT2D eigenvalue weighted by atomic mass is 15.3. The number of quaternary nitrogens is 1. The summed E-state index contributed by atoms with van der Waals surface area (Å²) in [5, 5.41) is 0. The maximum Gasteiger partial charge on any atom is 0.0782 e. The van der Waals surface area contributed by atoms with Crippen molar-refractivity contribution in [2.45, 2.75) is 90.9 Å². The standard InChI is InChI=1S/C18H40N/c1-5-7-8-9-10-11-12-13-14-15-16-18-19(3,4)17-6-2/h5-18H2,1-4H3/q+1. The van der Waals surface area contributed by atoms with Crippen LogP contribution in [0.2, 0.25) is 0 Å². The molecule has 0 saturated heterocycles. The van der Waals surface area contributed by atoms with E-state index in [4.69, 9.17) is 0 Å². The number of unbranched alkanes of at least 4 members (excludes halogenated alkanes) is 10. The van der Waals surface area contributed by atoms with Crippen molar-refractivity contribution in [2.24, 2.45) is 0 Å². The Morgan fingerprint density at radius 3 is 1.32 bits per heavy atom. The first kappa shape index (κ1) is 19.0. The fourth-order valence-corrected chi connectivity index (χ4v) is 2.92. The number of rotatable bonds is 14. The summed E-state index contributed by atoms with van der Waals surface area (Å²) in [6.45, 7) is 7.28. The van der Waals surface area contributed by atoms with Gasteiger partial charge in [-0.3, -0.25) is 0 Å². The largest absolute Gasteiger partial charge is 0.328 e. The molecule has 0 N–H and O–H groups in total. The van der Waals surface area contributed by atoms with Crippen LogP contribution in [-0.4, -0.2) is 31.7 Å². The third-order valence-electron chi connectivity index (χ3n) is 4.20. The van der Waals surface area contributed by atoms with Gasteiger partial charge in [0.15, 0.2) is 0 Å². The van der Waals surface area contributed by atoms with Crippen LogP contribution >= 0.6 is 0 Å². The predicted octanol–water partition coefficient (Wildman–Crippen LogP) is 5.78. The molecule has 0 bridgehead atoms. The van der Waals surface area contributed by atoms with E-state index in [0.717, 1.165) is 0 Å². The Morgan fingerprint density at radius 1 is 0.474 bits per heavy atom. The van der Waals surface area contributed by atoms with Crippen LogP contribution in [0.3, 0.4) is 0 Å². The van der Waals surface area contributed by atoms with Crippen molar-refractivity contribution in [1.82, 2.24) is 0 Å². The summed E-state index contributed by atoms with van der Waals surface area (Å²) in [7, 11) is 4.75. The monoisotopic (exact) mass is 270 g/mol. The lowest BCUT2D eigenvalue weighted by Gasteiger charge is -2.29. The normalized spacial score (nSPS) is 12.0. The molecule has 0 aliphatic heterocycles. The molecule has 0 rings (SSSR count). The van der Waals surface area contributed by atoms with Gasteiger partial charge in [0.1, 0.15) is 0 Å². The van der Waals surface area contributed by atoms with Gasteiger partial charge >= 0.3 is 0 Å². The van der Waals surface area contributed by atoms with E-state index >= 15 is 0 Å². The quantitative estimate of drug-likeness (QED) is 0.277. The van der Waals surface area contributed by atoms with Crippen molar-refractivity contribution in [3.05, 3.63) is 0 Å². The summed E-state index contributed by atoms with van der Waals surface area (Å²) in [5.41, 5.74) is 0. The highest BCUT2D eigenvalue weighted by molar-refractivity contribution is 4.48. The number of hydrogen-bond acceptors (Lipinski definition) is 0.